The van der Waals surface area contributed by atoms with E-state index in [1.165, 1.54) is 16.9 Å². The van der Waals surface area contributed by atoms with E-state index in [2.05, 4.69) is 40.7 Å². The van der Waals surface area contributed by atoms with Crippen LogP contribution >= 0.6 is 11.3 Å². The summed E-state index contributed by atoms with van der Waals surface area (Å²) < 4.78 is 0. The smallest absolute Gasteiger partial charge is 0.248 e. The molecular weight excluding hydrogens is 296 g/mol. The Morgan fingerprint density at radius 1 is 1.27 bits per heavy atom. The van der Waals surface area contributed by atoms with Crippen LogP contribution in [0.15, 0.2) is 18.2 Å². The Bertz CT molecular complexity index is 653. The van der Waals surface area contributed by atoms with Crippen LogP contribution in [-0.2, 0) is 11.2 Å². The van der Waals surface area contributed by atoms with E-state index < -0.39 is 0 Å². The summed E-state index contributed by atoms with van der Waals surface area (Å²) in [5.41, 5.74) is 3.36. The number of aromatic nitrogens is 2. The van der Waals surface area contributed by atoms with Gasteiger partial charge < -0.3 is 5.32 Å². The summed E-state index contributed by atoms with van der Waals surface area (Å²) in [7, 11) is 0. The van der Waals surface area contributed by atoms with Crippen LogP contribution in [0.1, 0.15) is 36.4 Å². The highest BCUT2D eigenvalue weighted by atomic mass is 32.1. The molecule has 1 aromatic heterocycles. The van der Waals surface area contributed by atoms with Crippen LogP contribution in [0.3, 0.4) is 0 Å². The van der Waals surface area contributed by atoms with Gasteiger partial charge in [-0.3, -0.25) is 10.1 Å². The molecule has 0 radical (unpaired) electrons. The minimum absolute atomic E-state index is 0.0813. The molecule has 0 saturated heterocycles. The quantitative estimate of drug-likeness (QED) is 0.855. The number of hydrogen-bond donors (Lipinski definition) is 2. The topological polar surface area (TPSA) is 66.9 Å². The van der Waals surface area contributed by atoms with E-state index in [9.17, 15) is 4.79 Å². The van der Waals surface area contributed by atoms with E-state index in [4.69, 9.17) is 0 Å². The molecule has 0 spiro atoms. The second-order valence-electron chi connectivity index (χ2n) is 5.20. The summed E-state index contributed by atoms with van der Waals surface area (Å²) in [6, 6.07) is 5.76. The summed E-state index contributed by atoms with van der Waals surface area (Å²) in [5.74, 6) is -0.0813. The minimum atomic E-state index is -0.297. The Balaban J connectivity index is 2.07. The van der Waals surface area contributed by atoms with Gasteiger partial charge in [-0.25, -0.2) is 0 Å². The molecule has 1 atom stereocenters. The van der Waals surface area contributed by atoms with Gasteiger partial charge in [0.2, 0.25) is 11.0 Å². The fraction of sp³-hybridized carbons (Fsp3) is 0.438. The van der Waals surface area contributed by atoms with Crippen molar-refractivity contribution in [3.05, 3.63) is 34.3 Å². The highest BCUT2D eigenvalue weighted by Gasteiger charge is 2.18. The molecule has 1 amide bonds. The average Bonchev–Trinajstić information content (AvgIpc) is 2.96. The SMILES string of the molecule is CCc1nnc(NC(=O)[C@H](CC)Nc2cccc(C)c2C)s1. The molecule has 2 N–H and O–H groups in total. The van der Waals surface area contributed by atoms with Gasteiger partial charge in [-0.1, -0.05) is 37.3 Å². The zero-order chi connectivity index (χ0) is 16.1. The van der Waals surface area contributed by atoms with Crippen LogP contribution in [0.5, 0.6) is 0 Å². The first-order valence-corrected chi connectivity index (χ1v) is 8.32. The van der Waals surface area contributed by atoms with Crippen molar-refractivity contribution in [1.82, 2.24) is 10.2 Å². The Kier molecular flexibility index (Phi) is 5.49. The fourth-order valence-corrected chi connectivity index (χ4v) is 2.77. The number of carbonyl (C=O) groups excluding carboxylic acids is 1. The molecule has 0 bridgehead atoms. The third-order valence-corrected chi connectivity index (χ3v) is 4.64. The van der Waals surface area contributed by atoms with Gasteiger partial charge >= 0.3 is 0 Å². The van der Waals surface area contributed by atoms with E-state index in [0.29, 0.717) is 11.6 Å². The Hall–Kier alpha value is -1.95. The predicted molar refractivity (Wildman–Crippen MR) is 91.5 cm³/mol. The standard InChI is InChI=1S/C16H22N4OS/c1-5-12(17-13-9-7-8-10(3)11(13)4)15(21)18-16-20-19-14(6-2)22-16/h7-9,12,17H,5-6H2,1-4H3,(H,18,20,21)/t12-/m0/s1. The molecule has 22 heavy (non-hydrogen) atoms. The second kappa shape index (κ2) is 7.35. The van der Waals surface area contributed by atoms with Gasteiger partial charge in [0.15, 0.2) is 0 Å². The van der Waals surface area contributed by atoms with Crippen molar-refractivity contribution >= 4 is 28.1 Å². The third-order valence-electron chi connectivity index (χ3n) is 3.66. The van der Waals surface area contributed by atoms with Crippen LogP contribution in [0, 0.1) is 13.8 Å². The van der Waals surface area contributed by atoms with Gasteiger partial charge in [-0.2, -0.15) is 0 Å². The van der Waals surface area contributed by atoms with Crippen molar-refractivity contribution in [2.24, 2.45) is 0 Å². The van der Waals surface area contributed by atoms with Crippen LogP contribution in [-0.4, -0.2) is 22.1 Å². The van der Waals surface area contributed by atoms with Crippen molar-refractivity contribution in [3.8, 4) is 0 Å². The first-order chi connectivity index (χ1) is 10.5. The van der Waals surface area contributed by atoms with Gasteiger partial charge in [-0.15, -0.1) is 10.2 Å². The first-order valence-electron chi connectivity index (χ1n) is 7.51. The number of anilines is 2. The van der Waals surface area contributed by atoms with Crippen LogP contribution < -0.4 is 10.6 Å². The van der Waals surface area contributed by atoms with Crippen molar-refractivity contribution in [1.29, 1.82) is 0 Å². The van der Waals surface area contributed by atoms with E-state index in [-0.39, 0.29) is 11.9 Å². The summed E-state index contributed by atoms with van der Waals surface area (Å²) in [6.07, 6.45) is 1.52. The lowest BCUT2D eigenvalue weighted by Gasteiger charge is -2.19. The molecular formula is C16H22N4OS. The number of carbonyl (C=O) groups is 1. The van der Waals surface area contributed by atoms with E-state index >= 15 is 0 Å². The molecule has 6 heteroatoms. The molecule has 0 aliphatic rings. The molecule has 0 unspecified atom stereocenters. The summed E-state index contributed by atoms with van der Waals surface area (Å²) in [6.45, 7) is 8.12. The summed E-state index contributed by atoms with van der Waals surface area (Å²) in [4.78, 5) is 12.4. The maximum Gasteiger partial charge on any atom is 0.248 e. The molecule has 0 aliphatic heterocycles. The molecule has 118 valence electrons. The Morgan fingerprint density at radius 2 is 2.05 bits per heavy atom. The van der Waals surface area contributed by atoms with Crippen LogP contribution in [0.2, 0.25) is 0 Å². The number of rotatable bonds is 6. The number of nitrogens with one attached hydrogen (secondary N) is 2. The van der Waals surface area contributed by atoms with Crippen molar-refractivity contribution in [2.45, 2.75) is 46.6 Å². The number of hydrogen-bond acceptors (Lipinski definition) is 5. The fourth-order valence-electron chi connectivity index (χ4n) is 2.09. The zero-order valence-corrected chi connectivity index (χ0v) is 14.3. The minimum Gasteiger partial charge on any atom is -0.373 e. The number of nitrogens with zero attached hydrogens (tertiary/aromatic N) is 2. The summed E-state index contributed by atoms with van der Waals surface area (Å²) >= 11 is 1.42. The maximum absolute atomic E-state index is 12.4. The summed E-state index contributed by atoms with van der Waals surface area (Å²) in [5, 5.41) is 15.7. The molecule has 5 nitrogen and oxygen atoms in total. The van der Waals surface area contributed by atoms with Gasteiger partial charge in [0.25, 0.3) is 0 Å². The molecule has 0 aliphatic carbocycles. The monoisotopic (exact) mass is 318 g/mol. The van der Waals surface area contributed by atoms with Gasteiger partial charge in [-0.05, 0) is 43.9 Å². The highest BCUT2D eigenvalue weighted by Crippen LogP contribution is 2.21. The van der Waals surface area contributed by atoms with Gasteiger partial charge in [0.1, 0.15) is 11.0 Å². The van der Waals surface area contributed by atoms with Crippen LogP contribution in [0.25, 0.3) is 0 Å². The molecule has 2 rings (SSSR count). The van der Waals surface area contributed by atoms with E-state index in [0.717, 1.165) is 22.7 Å². The largest absolute Gasteiger partial charge is 0.373 e. The van der Waals surface area contributed by atoms with E-state index in [1.807, 2.05) is 26.0 Å². The maximum atomic E-state index is 12.4. The second-order valence-corrected chi connectivity index (χ2v) is 6.26. The molecule has 1 aromatic carbocycles. The highest BCUT2D eigenvalue weighted by molar-refractivity contribution is 7.15. The molecule has 0 fully saturated rings. The van der Waals surface area contributed by atoms with Crippen LogP contribution in [0.4, 0.5) is 10.8 Å². The lowest BCUT2D eigenvalue weighted by atomic mass is 10.1. The lowest BCUT2D eigenvalue weighted by Crippen LogP contribution is -2.34. The molecule has 1 heterocycles. The number of benzene rings is 1. The van der Waals surface area contributed by atoms with Crippen molar-refractivity contribution < 1.29 is 4.79 Å². The predicted octanol–water partition coefficient (Wildman–Crippen LogP) is 3.55. The average molecular weight is 318 g/mol. The van der Waals surface area contributed by atoms with Gasteiger partial charge in [0.05, 0.1) is 0 Å². The zero-order valence-electron chi connectivity index (χ0n) is 13.4. The number of aryl methyl sites for hydroxylation is 2. The Morgan fingerprint density at radius 3 is 2.68 bits per heavy atom. The molecule has 0 saturated carbocycles. The number of amides is 1. The molecule has 2 aromatic rings. The van der Waals surface area contributed by atoms with Crippen molar-refractivity contribution in [3.63, 3.8) is 0 Å². The third kappa shape index (κ3) is 3.82. The van der Waals surface area contributed by atoms with E-state index in [1.54, 1.807) is 0 Å². The van der Waals surface area contributed by atoms with Gasteiger partial charge in [0, 0.05) is 5.69 Å². The Labute approximate surface area is 135 Å². The first kappa shape index (κ1) is 16.4. The lowest BCUT2D eigenvalue weighted by molar-refractivity contribution is -0.117. The normalized spacial score (nSPS) is 12.0. The van der Waals surface area contributed by atoms with Crippen molar-refractivity contribution in [2.75, 3.05) is 10.6 Å².